The van der Waals surface area contributed by atoms with Crippen LogP contribution in [0.1, 0.15) is 19.8 Å². The number of hydrogen-bond acceptors (Lipinski definition) is 1. The molecule has 1 radical (unpaired) electrons. The van der Waals surface area contributed by atoms with Gasteiger partial charge in [0.05, 0.1) is 6.08 Å². The van der Waals surface area contributed by atoms with Crippen molar-refractivity contribution in [1.82, 2.24) is 0 Å². The molecule has 0 saturated carbocycles. The summed E-state index contributed by atoms with van der Waals surface area (Å²) in [6.45, 7) is 1.99. The molecule has 0 heterocycles. The summed E-state index contributed by atoms with van der Waals surface area (Å²) in [6.07, 6.45) is 5.44. The normalized spacial score (nSPS) is 10.1. The number of rotatable bonds is 3. The maximum atomic E-state index is 9.73. The van der Waals surface area contributed by atoms with E-state index in [1.54, 1.807) is 0 Å². The fraction of sp³-hybridized carbons (Fsp3) is 0.500. The Bertz CT molecular complexity index is 94.7. The molecular formula is C6H9O2. The molecule has 8 heavy (non-hydrogen) atoms. The van der Waals surface area contributed by atoms with Crippen LogP contribution < -0.4 is 0 Å². The van der Waals surface area contributed by atoms with Crippen LogP contribution in [0, 0.1) is 6.08 Å². The molecule has 0 aliphatic carbocycles. The minimum atomic E-state index is -0.988. The summed E-state index contributed by atoms with van der Waals surface area (Å²) >= 11 is 0. The predicted molar refractivity (Wildman–Crippen MR) is 30.4 cm³/mol. The number of carbonyl (C=O) groups is 1. The van der Waals surface area contributed by atoms with E-state index in [0.29, 0.717) is 0 Å². The third kappa shape index (κ3) is 5.21. The van der Waals surface area contributed by atoms with Crippen LogP contribution in [0.5, 0.6) is 0 Å². The smallest absolute Gasteiger partial charge is 0.336 e. The van der Waals surface area contributed by atoms with Gasteiger partial charge in [0.25, 0.3) is 0 Å². The van der Waals surface area contributed by atoms with Crippen molar-refractivity contribution in [2.75, 3.05) is 0 Å². The van der Waals surface area contributed by atoms with Gasteiger partial charge >= 0.3 is 5.97 Å². The fourth-order valence-electron chi connectivity index (χ4n) is 0.304. The molecule has 45 valence electrons. The lowest BCUT2D eigenvalue weighted by Gasteiger charge is -1.78. The third-order valence-electron chi connectivity index (χ3n) is 0.659. The molecule has 0 aromatic rings. The zero-order valence-corrected chi connectivity index (χ0v) is 4.85. The van der Waals surface area contributed by atoms with Crippen LogP contribution in [0.2, 0.25) is 0 Å². The van der Waals surface area contributed by atoms with Crippen LogP contribution in [0.15, 0.2) is 6.08 Å². The first-order valence-electron chi connectivity index (χ1n) is 2.58. The molecule has 0 fully saturated rings. The second-order valence-electron chi connectivity index (χ2n) is 1.44. The molecule has 0 aliphatic rings. The summed E-state index contributed by atoms with van der Waals surface area (Å²) in [6, 6.07) is 0. The summed E-state index contributed by atoms with van der Waals surface area (Å²) in [5.41, 5.74) is 0. The summed E-state index contributed by atoms with van der Waals surface area (Å²) in [4.78, 5) is 9.73. The predicted octanol–water partition coefficient (Wildman–Crippen LogP) is 1.23. The van der Waals surface area contributed by atoms with Crippen LogP contribution in [0.25, 0.3) is 0 Å². The average molecular weight is 113 g/mol. The van der Waals surface area contributed by atoms with Gasteiger partial charge in [0.2, 0.25) is 0 Å². The van der Waals surface area contributed by atoms with E-state index in [9.17, 15) is 4.79 Å². The molecule has 0 amide bonds. The van der Waals surface area contributed by atoms with E-state index in [0.717, 1.165) is 12.8 Å². The first-order valence-corrected chi connectivity index (χ1v) is 2.58. The summed E-state index contributed by atoms with van der Waals surface area (Å²) in [5.74, 6) is -0.988. The number of carboxylic acid groups (broad SMARTS) is 1. The second-order valence-corrected chi connectivity index (χ2v) is 1.44. The molecule has 0 aromatic heterocycles. The Hall–Kier alpha value is -0.790. The van der Waals surface area contributed by atoms with E-state index in [2.05, 4.69) is 6.08 Å². The number of unbranched alkanes of at least 4 members (excludes halogenated alkanes) is 1. The SMILES string of the molecule is CCC/C=[C]\C(=O)O. The van der Waals surface area contributed by atoms with Crippen molar-refractivity contribution >= 4 is 5.97 Å². The second kappa shape index (κ2) is 4.37. The van der Waals surface area contributed by atoms with Crippen molar-refractivity contribution < 1.29 is 9.90 Å². The highest BCUT2D eigenvalue weighted by Crippen LogP contribution is 1.85. The van der Waals surface area contributed by atoms with Gasteiger partial charge in [-0.2, -0.15) is 0 Å². The van der Waals surface area contributed by atoms with Crippen molar-refractivity contribution in [3.05, 3.63) is 12.2 Å². The Morgan fingerprint density at radius 1 is 1.88 bits per heavy atom. The Morgan fingerprint density at radius 2 is 2.50 bits per heavy atom. The first-order chi connectivity index (χ1) is 3.77. The van der Waals surface area contributed by atoms with Gasteiger partial charge in [-0.1, -0.05) is 19.4 Å². The maximum absolute atomic E-state index is 9.73. The molecule has 0 saturated heterocycles. The molecule has 0 aromatic carbocycles. The Balaban J connectivity index is 3.20. The minimum absolute atomic E-state index is 0.798. The molecule has 0 bridgehead atoms. The van der Waals surface area contributed by atoms with Crippen molar-refractivity contribution in [1.29, 1.82) is 0 Å². The van der Waals surface area contributed by atoms with Gasteiger partial charge in [0.1, 0.15) is 0 Å². The highest BCUT2D eigenvalue weighted by Gasteiger charge is 1.82. The molecule has 0 spiro atoms. The van der Waals surface area contributed by atoms with Crippen LogP contribution in [-0.4, -0.2) is 11.1 Å². The molecule has 0 rings (SSSR count). The standard InChI is InChI=1S/C6H9O2/c1-2-3-4-5-6(7)8/h4H,2-3H2,1H3,(H,7,8). The average Bonchev–Trinajstić information content (AvgIpc) is 1.66. The van der Waals surface area contributed by atoms with Crippen molar-refractivity contribution in [2.24, 2.45) is 0 Å². The monoisotopic (exact) mass is 113 g/mol. The van der Waals surface area contributed by atoms with Gasteiger partial charge < -0.3 is 5.11 Å². The lowest BCUT2D eigenvalue weighted by molar-refractivity contribution is -0.132. The van der Waals surface area contributed by atoms with E-state index in [-0.39, 0.29) is 0 Å². The number of carboxylic acids is 1. The van der Waals surface area contributed by atoms with Gasteiger partial charge in [-0.15, -0.1) is 0 Å². The highest BCUT2D eigenvalue weighted by atomic mass is 16.4. The topological polar surface area (TPSA) is 37.3 Å². The zero-order valence-electron chi connectivity index (χ0n) is 4.85. The molecule has 0 atom stereocenters. The molecule has 1 N–H and O–H groups in total. The van der Waals surface area contributed by atoms with Gasteiger partial charge in [-0.25, -0.2) is 4.79 Å². The third-order valence-corrected chi connectivity index (χ3v) is 0.659. The number of hydrogen-bond donors (Lipinski definition) is 1. The van der Waals surface area contributed by atoms with Gasteiger partial charge in [0.15, 0.2) is 0 Å². The van der Waals surface area contributed by atoms with Crippen molar-refractivity contribution in [3.63, 3.8) is 0 Å². The van der Waals surface area contributed by atoms with E-state index in [4.69, 9.17) is 5.11 Å². The summed E-state index contributed by atoms with van der Waals surface area (Å²) in [7, 11) is 0. The fourth-order valence-corrected chi connectivity index (χ4v) is 0.304. The Labute approximate surface area is 48.8 Å². The lowest BCUT2D eigenvalue weighted by Crippen LogP contribution is -1.86. The molecule has 2 heteroatoms. The lowest BCUT2D eigenvalue weighted by atomic mass is 10.3. The van der Waals surface area contributed by atoms with Crippen molar-refractivity contribution in [2.45, 2.75) is 19.8 Å². The van der Waals surface area contributed by atoms with E-state index < -0.39 is 5.97 Å². The zero-order chi connectivity index (χ0) is 6.41. The molecule has 0 unspecified atom stereocenters. The minimum Gasteiger partial charge on any atom is -0.478 e. The van der Waals surface area contributed by atoms with Crippen LogP contribution in [0.4, 0.5) is 0 Å². The number of allylic oxidation sites excluding steroid dienone is 1. The number of aliphatic carboxylic acids is 1. The van der Waals surface area contributed by atoms with Gasteiger partial charge in [-0.3, -0.25) is 0 Å². The summed E-state index contributed by atoms with van der Waals surface area (Å²) < 4.78 is 0. The van der Waals surface area contributed by atoms with Crippen LogP contribution in [-0.2, 0) is 4.79 Å². The highest BCUT2D eigenvalue weighted by molar-refractivity contribution is 5.75. The molecule has 2 nitrogen and oxygen atoms in total. The van der Waals surface area contributed by atoms with E-state index in [1.165, 1.54) is 6.08 Å². The summed E-state index contributed by atoms with van der Waals surface area (Å²) in [5, 5.41) is 8.00. The Kier molecular flexibility index (Phi) is 3.94. The maximum Gasteiger partial charge on any atom is 0.336 e. The van der Waals surface area contributed by atoms with Crippen LogP contribution in [0.3, 0.4) is 0 Å². The first kappa shape index (κ1) is 7.21. The quantitative estimate of drug-likeness (QED) is 0.559. The molecule has 0 aliphatic heterocycles. The molecular weight excluding hydrogens is 104 g/mol. The largest absolute Gasteiger partial charge is 0.478 e. The Morgan fingerprint density at radius 3 is 2.88 bits per heavy atom. The van der Waals surface area contributed by atoms with E-state index in [1.807, 2.05) is 6.92 Å². The van der Waals surface area contributed by atoms with Gasteiger partial charge in [0, 0.05) is 0 Å². The van der Waals surface area contributed by atoms with Crippen LogP contribution >= 0.6 is 0 Å². The van der Waals surface area contributed by atoms with Crippen molar-refractivity contribution in [3.8, 4) is 0 Å². The van der Waals surface area contributed by atoms with Gasteiger partial charge in [-0.05, 0) is 6.42 Å². The van der Waals surface area contributed by atoms with E-state index >= 15 is 0 Å².